The summed E-state index contributed by atoms with van der Waals surface area (Å²) >= 11 is 0. The van der Waals surface area contributed by atoms with Crippen LogP contribution in [-0.2, 0) is 6.18 Å². The van der Waals surface area contributed by atoms with Gasteiger partial charge in [0.25, 0.3) is 0 Å². The van der Waals surface area contributed by atoms with Gasteiger partial charge in [0.15, 0.2) is 11.5 Å². The SMILES string of the molecule is CC(C)Oc1ccccc1Oc1cccc(C(F)(F)F)c1. The Kier molecular flexibility index (Phi) is 4.40. The average Bonchev–Trinajstić information content (AvgIpc) is 2.40. The number of benzene rings is 2. The summed E-state index contributed by atoms with van der Waals surface area (Å²) in [6, 6.07) is 11.6. The Morgan fingerprint density at radius 1 is 0.905 bits per heavy atom. The molecule has 0 aliphatic rings. The van der Waals surface area contributed by atoms with E-state index in [1.165, 1.54) is 12.1 Å². The molecule has 0 aliphatic carbocycles. The van der Waals surface area contributed by atoms with Crippen molar-refractivity contribution in [3.8, 4) is 17.2 Å². The lowest BCUT2D eigenvalue weighted by atomic mass is 10.2. The first-order valence-electron chi connectivity index (χ1n) is 6.47. The molecule has 0 radical (unpaired) electrons. The highest BCUT2D eigenvalue weighted by Gasteiger charge is 2.30. The van der Waals surface area contributed by atoms with Crippen molar-refractivity contribution in [3.63, 3.8) is 0 Å². The van der Waals surface area contributed by atoms with Gasteiger partial charge in [0.1, 0.15) is 5.75 Å². The average molecular weight is 296 g/mol. The van der Waals surface area contributed by atoms with Gasteiger partial charge in [-0.25, -0.2) is 0 Å². The second kappa shape index (κ2) is 6.08. The number of rotatable bonds is 4. The van der Waals surface area contributed by atoms with Crippen molar-refractivity contribution in [2.45, 2.75) is 26.1 Å². The Labute approximate surface area is 121 Å². The first-order chi connectivity index (χ1) is 9.86. The fraction of sp³-hybridized carbons (Fsp3) is 0.250. The molecule has 0 spiro atoms. The van der Waals surface area contributed by atoms with Gasteiger partial charge >= 0.3 is 6.18 Å². The highest BCUT2D eigenvalue weighted by atomic mass is 19.4. The maximum absolute atomic E-state index is 12.7. The Bertz CT molecular complexity index is 606. The van der Waals surface area contributed by atoms with E-state index in [4.69, 9.17) is 9.47 Å². The molecule has 2 nitrogen and oxygen atoms in total. The van der Waals surface area contributed by atoms with E-state index >= 15 is 0 Å². The zero-order valence-electron chi connectivity index (χ0n) is 11.6. The number of halogens is 3. The van der Waals surface area contributed by atoms with E-state index in [-0.39, 0.29) is 11.9 Å². The van der Waals surface area contributed by atoms with E-state index in [0.29, 0.717) is 11.5 Å². The maximum atomic E-state index is 12.7. The van der Waals surface area contributed by atoms with Crippen LogP contribution in [0, 0.1) is 0 Å². The normalized spacial score (nSPS) is 11.5. The lowest BCUT2D eigenvalue weighted by Gasteiger charge is -2.15. The lowest BCUT2D eigenvalue weighted by molar-refractivity contribution is -0.137. The number of para-hydroxylation sites is 2. The Balaban J connectivity index is 2.26. The van der Waals surface area contributed by atoms with Crippen LogP contribution in [0.1, 0.15) is 19.4 Å². The van der Waals surface area contributed by atoms with E-state index in [0.717, 1.165) is 12.1 Å². The number of ether oxygens (including phenoxy) is 2. The molecule has 2 aromatic rings. The molecule has 21 heavy (non-hydrogen) atoms. The van der Waals surface area contributed by atoms with Crippen molar-refractivity contribution < 1.29 is 22.6 Å². The molecule has 0 saturated carbocycles. The van der Waals surface area contributed by atoms with Gasteiger partial charge in [-0.3, -0.25) is 0 Å². The molecule has 0 amide bonds. The molecule has 2 aromatic carbocycles. The zero-order valence-corrected chi connectivity index (χ0v) is 11.6. The Hall–Kier alpha value is -2.17. The Morgan fingerprint density at radius 2 is 1.57 bits per heavy atom. The van der Waals surface area contributed by atoms with Gasteiger partial charge in [0.05, 0.1) is 11.7 Å². The smallest absolute Gasteiger partial charge is 0.416 e. The van der Waals surface area contributed by atoms with Crippen molar-refractivity contribution in [1.82, 2.24) is 0 Å². The van der Waals surface area contributed by atoms with Crippen LogP contribution >= 0.6 is 0 Å². The van der Waals surface area contributed by atoms with Gasteiger partial charge in [-0.2, -0.15) is 13.2 Å². The molecule has 0 aromatic heterocycles. The summed E-state index contributed by atoms with van der Waals surface area (Å²) in [6.07, 6.45) is -4.45. The standard InChI is InChI=1S/C16H15F3O2/c1-11(2)20-14-8-3-4-9-15(14)21-13-7-5-6-12(10-13)16(17,18)19/h3-11H,1-2H3. The third-order valence-electron chi connectivity index (χ3n) is 2.60. The minimum Gasteiger partial charge on any atom is -0.487 e. The van der Waals surface area contributed by atoms with Crippen molar-refractivity contribution in [2.24, 2.45) is 0 Å². The first-order valence-corrected chi connectivity index (χ1v) is 6.47. The van der Waals surface area contributed by atoms with Crippen LogP contribution in [0.5, 0.6) is 17.2 Å². The van der Waals surface area contributed by atoms with E-state index in [1.807, 2.05) is 13.8 Å². The largest absolute Gasteiger partial charge is 0.487 e. The Morgan fingerprint density at radius 3 is 2.19 bits per heavy atom. The fourth-order valence-corrected chi connectivity index (χ4v) is 1.75. The molecular formula is C16H15F3O2. The highest BCUT2D eigenvalue weighted by molar-refractivity contribution is 5.43. The second-order valence-corrected chi connectivity index (χ2v) is 4.74. The molecule has 2 rings (SSSR count). The topological polar surface area (TPSA) is 18.5 Å². The molecule has 0 heterocycles. The summed E-state index contributed by atoms with van der Waals surface area (Å²) in [5.41, 5.74) is -0.748. The molecule has 0 N–H and O–H groups in total. The van der Waals surface area contributed by atoms with Crippen LogP contribution < -0.4 is 9.47 Å². The molecule has 112 valence electrons. The number of hydrogen-bond acceptors (Lipinski definition) is 2. The van der Waals surface area contributed by atoms with E-state index in [2.05, 4.69) is 0 Å². The van der Waals surface area contributed by atoms with Gasteiger partial charge in [0.2, 0.25) is 0 Å². The van der Waals surface area contributed by atoms with Gasteiger partial charge in [-0.1, -0.05) is 18.2 Å². The molecule has 0 unspecified atom stereocenters. The third kappa shape index (κ3) is 4.15. The van der Waals surface area contributed by atoms with Crippen LogP contribution in [0.2, 0.25) is 0 Å². The summed E-state index contributed by atoms with van der Waals surface area (Å²) in [5, 5.41) is 0. The van der Waals surface area contributed by atoms with Crippen molar-refractivity contribution in [3.05, 3.63) is 54.1 Å². The van der Waals surface area contributed by atoms with Crippen molar-refractivity contribution >= 4 is 0 Å². The molecule has 0 bridgehead atoms. The van der Waals surface area contributed by atoms with Gasteiger partial charge in [-0.15, -0.1) is 0 Å². The predicted molar refractivity (Wildman–Crippen MR) is 73.7 cm³/mol. The van der Waals surface area contributed by atoms with Gasteiger partial charge in [-0.05, 0) is 44.2 Å². The molecule has 0 fully saturated rings. The van der Waals surface area contributed by atoms with Gasteiger partial charge < -0.3 is 9.47 Å². The molecular weight excluding hydrogens is 281 g/mol. The van der Waals surface area contributed by atoms with E-state index in [1.54, 1.807) is 24.3 Å². The quantitative estimate of drug-likeness (QED) is 0.763. The number of hydrogen-bond donors (Lipinski definition) is 0. The van der Waals surface area contributed by atoms with Crippen LogP contribution in [-0.4, -0.2) is 6.10 Å². The molecule has 0 aliphatic heterocycles. The monoisotopic (exact) mass is 296 g/mol. The minimum absolute atomic E-state index is 0.0590. The molecule has 0 saturated heterocycles. The summed E-state index contributed by atoms with van der Waals surface area (Å²) in [5.74, 6) is 0.986. The summed E-state index contributed by atoms with van der Waals surface area (Å²) in [7, 11) is 0. The van der Waals surface area contributed by atoms with Crippen LogP contribution in [0.4, 0.5) is 13.2 Å². The van der Waals surface area contributed by atoms with Crippen LogP contribution in [0.15, 0.2) is 48.5 Å². The van der Waals surface area contributed by atoms with Crippen molar-refractivity contribution in [1.29, 1.82) is 0 Å². The van der Waals surface area contributed by atoms with E-state index < -0.39 is 11.7 Å². The van der Waals surface area contributed by atoms with Crippen molar-refractivity contribution in [2.75, 3.05) is 0 Å². The fourth-order valence-electron chi connectivity index (χ4n) is 1.75. The van der Waals surface area contributed by atoms with Crippen LogP contribution in [0.25, 0.3) is 0 Å². The predicted octanol–water partition coefficient (Wildman–Crippen LogP) is 5.28. The summed E-state index contributed by atoms with van der Waals surface area (Å²) < 4.78 is 49.1. The maximum Gasteiger partial charge on any atom is 0.416 e. The lowest BCUT2D eigenvalue weighted by Crippen LogP contribution is -2.07. The zero-order chi connectivity index (χ0) is 15.5. The second-order valence-electron chi connectivity index (χ2n) is 4.74. The summed E-state index contributed by atoms with van der Waals surface area (Å²) in [6.45, 7) is 3.72. The third-order valence-corrected chi connectivity index (χ3v) is 2.60. The minimum atomic E-state index is -4.40. The first kappa shape index (κ1) is 15.2. The molecule has 5 heteroatoms. The summed E-state index contributed by atoms with van der Waals surface area (Å²) in [4.78, 5) is 0. The number of alkyl halides is 3. The van der Waals surface area contributed by atoms with E-state index in [9.17, 15) is 13.2 Å². The molecule has 0 atom stereocenters. The van der Waals surface area contributed by atoms with Gasteiger partial charge in [0, 0.05) is 0 Å². The highest BCUT2D eigenvalue weighted by Crippen LogP contribution is 2.35. The van der Waals surface area contributed by atoms with Crippen LogP contribution in [0.3, 0.4) is 0 Å².